The Kier molecular flexibility index (Phi) is 3.38. The molecule has 0 unspecified atom stereocenters. The van der Waals surface area contributed by atoms with E-state index >= 15 is 0 Å². The van der Waals surface area contributed by atoms with E-state index in [1.165, 1.54) is 18.3 Å². The summed E-state index contributed by atoms with van der Waals surface area (Å²) < 4.78 is 27.4. The molecule has 0 saturated carbocycles. The number of sulfonamides is 1. The van der Waals surface area contributed by atoms with E-state index in [0.29, 0.717) is 5.69 Å². The van der Waals surface area contributed by atoms with E-state index in [1.807, 2.05) is 0 Å². The molecule has 0 bridgehead atoms. The predicted octanol–water partition coefficient (Wildman–Crippen LogP) is 1.18. The minimum absolute atomic E-state index is 0.101. The van der Waals surface area contributed by atoms with Gasteiger partial charge in [-0.1, -0.05) is 24.3 Å². The van der Waals surface area contributed by atoms with E-state index in [9.17, 15) is 8.42 Å². The number of rotatable bonds is 3. The van der Waals surface area contributed by atoms with Crippen LogP contribution in [-0.4, -0.2) is 19.2 Å². The zero-order valence-electron chi connectivity index (χ0n) is 9.39. The third kappa shape index (κ3) is 2.72. The van der Waals surface area contributed by atoms with Crippen LogP contribution in [0.25, 0.3) is 0 Å². The summed E-state index contributed by atoms with van der Waals surface area (Å²) >= 11 is 0. The van der Waals surface area contributed by atoms with Crippen LogP contribution >= 0.6 is 0 Å². The quantitative estimate of drug-likeness (QED) is 0.664. The maximum Gasteiger partial charge on any atom is 0.284 e. The highest BCUT2D eigenvalue weighted by Crippen LogP contribution is 2.11. The van der Waals surface area contributed by atoms with E-state index in [1.54, 1.807) is 36.4 Å². The Balaban J connectivity index is 2.39. The number of hydrogen-bond donors (Lipinski definition) is 1. The van der Waals surface area contributed by atoms with Gasteiger partial charge in [0.2, 0.25) is 0 Å². The largest absolute Gasteiger partial charge is 0.381 e. The molecule has 0 aliphatic heterocycles. The van der Waals surface area contributed by atoms with E-state index in [0.717, 1.165) is 0 Å². The van der Waals surface area contributed by atoms with Gasteiger partial charge in [-0.15, -0.1) is 4.40 Å². The molecule has 0 spiro atoms. The fourth-order valence-corrected chi connectivity index (χ4v) is 2.29. The fourth-order valence-electron chi connectivity index (χ4n) is 1.34. The molecule has 5 nitrogen and oxygen atoms in total. The van der Waals surface area contributed by atoms with Gasteiger partial charge in [0, 0.05) is 6.20 Å². The van der Waals surface area contributed by atoms with Gasteiger partial charge in [-0.3, -0.25) is 4.98 Å². The molecule has 18 heavy (non-hydrogen) atoms. The smallest absolute Gasteiger partial charge is 0.284 e. The Labute approximate surface area is 105 Å². The Hall–Kier alpha value is -2.21. The Morgan fingerprint density at radius 2 is 1.72 bits per heavy atom. The first kappa shape index (κ1) is 12.3. The lowest BCUT2D eigenvalue weighted by atomic mass is 10.3. The number of aromatic nitrogens is 1. The summed E-state index contributed by atoms with van der Waals surface area (Å²) in [5, 5.41) is 0. The van der Waals surface area contributed by atoms with Crippen molar-refractivity contribution >= 4 is 15.9 Å². The van der Waals surface area contributed by atoms with Gasteiger partial charge < -0.3 is 5.73 Å². The molecule has 0 fully saturated rings. The summed E-state index contributed by atoms with van der Waals surface area (Å²) in [5.41, 5.74) is 5.96. The van der Waals surface area contributed by atoms with Crippen molar-refractivity contribution in [2.75, 3.05) is 0 Å². The monoisotopic (exact) mass is 261 g/mol. The van der Waals surface area contributed by atoms with Gasteiger partial charge in [-0.2, -0.15) is 8.42 Å². The van der Waals surface area contributed by atoms with Gasteiger partial charge in [0.25, 0.3) is 10.0 Å². The summed E-state index contributed by atoms with van der Waals surface area (Å²) in [7, 11) is -3.78. The van der Waals surface area contributed by atoms with Crippen LogP contribution in [0.15, 0.2) is 64.0 Å². The van der Waals surface area contributed by atoms with Crippen LogP contribution in [-0.2, 0) is 10.0 Å². The highest BCUT2D eigenvalue weighted by atomic mass is 32.2. The standard InChI is InChI=1S/C12H11N3O2S/c13-12(11-8-4-5-9-14-11)15-18(16,17)10-6-2-1-3-7-10/h1-9H,(H2,13,15). The van der Waals surface area contributed by atoms with Crippen molar-refractivity contribution in [3.8, 4) is 0 Å². The molecule has 1 aromatic carbocycles. The van der Waals surface area contributed by atoms with E-state index < -0.39 is 10.0 Å². The molecule has 6 heteroatoms. The summed E-state index contributed by atoms with van der Waals surface area (Å²) in [5.74, 6) is -0.126. The molecule has 0 amide bonds. The van der Waals surface area contributed by atoms with Gasteiger partial charge in [0.15, 0.2) is 5.84 Å². The van der Waals surface area contributed by atoms with Gasteiger partial charge in [-0.25, -0.2) is 0 Å². The Morgan fingerprint density at radius 1 is 1.06 bits per heavy atom. The number of nitrogens with zero attached hydrogens (tertiary/aromatic N) is 2. The molecule has 0 aliphatic rings. The van der Waals surface area contributed by atoms with Gasteiger partial charge in [0.05, 0.1) is 4.90 Å². The van der Waals surface area contributed by atoms with Crippen molar-refractivity contribution < 1.29 is 8.42 Å². The average molecular weight is 261 g/mol. The zero-order valence-corrected chi connectivity index (χ0v) is 10.2. The van der Waals surface area contributed by atoms with Gasteiger partial charge in [-0.05, 0) is 24.3 Å². The van der Waals surface area contributed by atoms with Crippen molar-refractivity contribution in [3.63, 3.8) is 0 Å². The number of nitrogens with two attached hydrogens (primary N) is 1. The number of hydrogen-bond acceptors (Lipinski definition) is 3. The first-order valence-electron chi connectivity index (χ1n) is 5.16. The molecule has 0 saturated heterocycles. The topological polar surface area (TPSA) is 85.4 Å². The second-order valence-corrected chi connectivity index (χ2v) is 5.08. The molecule has 1 aromatic heterocycles. The average Bonchev–Trinajstić information content (AvgIpc) is 2.40. The highest BCUT2D eigenvalue weighted by molar-refractivity contribution is 7.90. The Morgan fingerprint density at radius 3 is 2.33 bits per heavy atom. The zero-order chi connectivity index (χ0) is 13.0. The Bertz CT molecular complexity index is 652. The SMILES string of the molecule is N/C(=N\S(=O)(=O)c1ccccc1)c1ccccn1. The van der Waals surface area contributed by atoms with Gasteiger partial charge in [0.1, 0.15) is 5.69 Å². The molecular formula is C12H11N3O2S. The van der Waals surface area contributed by atoms with Crippen molar-refractivity contribution in [1.29, 1.82) is 0 Å². The maximum absolute atomic E-state index is 11.9. The minimum atomic E-state index is -3.78. The predicted molar refractivity (Wildman–Crippen MR) is 68.6 cm³/mol. The van der Waals surface area contributed by atoms with Crippen LogP contribution in [0.3, 0.4) is 0 Å². The van der Waals surface area contributed by atoms with Crippen LogP contribution in [0.2, 0.25) is 0 Å². The van der Waals surface area contributed by atoms with Crippen LogP contribution < -0.4 is 5.73 Å². The molecule has 2 rings (SSSR count). The van der Waals surface area contributed by atoms with E-state index in [-0.39, 0.29) is 10.7 Å². The fraction of sp³-hybridized carbons (Fsp3) is 0. The molecule has 92 valence electrons. The molecule has 1 heterocycles. The second kappa shape index (κ2) is 4.97. The van der Waals surface area contributed by atoms with E-state index in [4.69, 9.17) is 5.73 Å². The normalized spacial score (nSPS) is 12.3. The third-order valence-electron chi connectivity index (χ3n) is 2.19. The van der Waals surface area contributed by atoms with Crippen LogP contribution in [0.1, 0.15) is 5.69 Å². The summed E-state index contributed by atoms with van der Waals surface area (Å²) in [4.78, 5) is 4.04. The minimum Gasteiger partial charge on any atom is -0.381 e. The third-order valence-corrected chi connectivity index (χ3v) is 3.49. The summed E-state index contributed by atoms with van der Waals surface area (Å²) in [6.07, 6.45) is 1.52. The first-order valence-corrected chi connectivity index (χ1v) is 6.60. The van der Waals surface area contributed by atoms with Crippen molar-refractivity contribution in [2.24, 2.45) is 10.1 Å². The molecule has 0 atom stereocenters. The van der Waals surface area contributed by atoms with Crippen LogP contribution in [0.4, 0.5) is 0 Å². The maximum atomic E-state index is 11.9. The summed E-state index contributed by atoms with van der Waals surface area (Å²) in [6.45, 7) is 0. The lowest BCUT2D eigenvalue weighted by Gasteiger charge is -2.01. The molecular weight excluding hydrogens is 250 g/mol. The number of benzene rings is 1. The summed E-state index contributed by atoms with van der Waals surface area (Å²) in [6, 6.07) is 12.9. The lowest BCUT2D eigenvalue weighted by molar-refractivity contribution is 0.598. The lowest BCUT2D eigenvalue weighted by Crippen LogP contribution is -2.17. The number of amidine groups is 1. The van der Waals surface area contributed by atoms with E-state index in [2.05, 4.69) is 9.38 Å². The number of pyridine rings is 1. The second-order valence-electron chi connectivity index (χ2n) is 3.48. The van der Waals surface area contributed by atoms with Crippen molar-refractivity contribution in [3.05, 3.63) is 60.4 Å². The van der Waals surface area contributed by atoms with Crippen LogP contribution in [0, 0.1) is 0 Å². The molecule has 2 N–H and O–H groups in total. The highest BCUT2D eigenvalue weighted by Gasteiger charge is 2.13. The van der Waals surface area contributed by atoms with Crippen molar-refractivity contribution in [2.45, 2.75) is 4.90 Å². The van der Waals surface area contributed by atoms with Gasteiger partial charge >= 0.3 is 0 Å². The molecule has 0 radical (unpaired) electrons. The van der Waals surface area contributed by atoms with Crippen molar-refractivity contribution in [1.82, 2.24) is 4.98 Å². The molecule has 2 aromatic rings. The molecule has 0 aliphatic carbocycles. The first-order chi connectivity index (χ1) is 8.59. The van der Waals surface area contributed by atoms with Crippen LogP contribution in [0.5, 0.6) is 0 Å².